The molecule has 3 aromatic rings. The number of ketones is 1. The molecule has 5 rings (SSSR count). The number of hydrogen-bond donors (Lipinski definition) is 2. The van der Waals surface area contributed by atoms with Gasteiger partial charge in [0.15, 0.2) is 11.4 Å². The standard InChI is InChI=1S/C17H17BrN8O2/c1-24-7-9(5-20-24)10-6-21-26-14(19)13(18)16(22-15(10)26)25-3-2-17(8-25)11(27)4-12(28)23-17/h5-7H,2-4,8,19H2,1H3,(H,23,28). The Bertz CT molecular complexity index is 1150. The van der Waals surface area contributed by atoms with E-state index in [1.54, 1.807) is 21.6 Å². The average Bonchev–Trinajstić information content (AvgIpc) is 3.40. The first-order valence-corrected chi connectivity index (χ1v) is 9.58. The predicted molar refractivity (Wildman–Crippen MR) is 105 cm³/mol. The summed E-state index contributed by atoms with van der Waals surface area (Å²) in [6, 6.07) is 0. The van der Waals surface area contributed by atoms with E-state index in [9.17, 15) is 9.59 Å². The van der Waals surface area contributed by atoms with E-state index >= 15 is 0 Å². The van der Waals surface area contributed by atoms with E-state index in [4.69, 9.17) is 10.7 Å². The van der Waals surface area contributed by atoms with Crippen molar-refractivity contribution in [2.75, 3.05) is 23.7 Å². The van der Waals surface area contributed by atoms with Crippen LogP contribution in [0.5, 0.6) is 0 Å². The summed E-state index contributed by atoms with van der Waals surface area (Å²) in [5.74, 6) is 0.758. The molecular weight excluding hydrogens is 428 g/mol. The van der Waals surface area contributed by atoms with Crippen LogP contribution in [0.2, 0.25) is 0 Å². The van der Waals surface area contributed by atoms with Crippen LogP contribution >= 0.6 is 15.9 Å². The van der Waals surface area contributed by atoms with Crippen LogP contribution in [0.1, 0.15) is 12.8 Å². The van der Waals surface area contributed by atoms with Crippen molar-refractivity contribution in [3.8, 4) is 11.1 Å². The molecule has 0 radical (unpaired) electrons. The van der Waals surface area contributed by atoms with Gasteiger partial charge < -0.3 is 16.0 Å². The normalized spacial score (nSPS) is 22.0. The number of nitrogens with one attached hydrogen (secondary N) is 1. The molecule has 3 N–H and O–H groups in total. The van der Waals surface area contributed by atoms with Gasteiger partial charge in [0.2, 0.25) is 5.91 Å². The van der Waals surface area contributed by atoms with Gasteiger partial charge in [-0.05, 0) is 22.4 Å². The third kappa shape index (κ3) is 2.35. The van der Waals surface area contributed by atoms with Crippen molar-refractivity contribution in [2.24, 2.45) is 7.05 Å². The first-order chi connectivity index (χ1) is 13.4. The number of aryl methyl sites for hydroxylation is 1. The number of fused-ring (bicyclic) bond motifs is 1. The van der Waals surface area contributed by atoms with Crippen molar-refractivity contribution >= 4 is 44.9 Å². The third-order valence-electron chi connectivity index (χ3n) is 5.42. The van der Waals surface area contributed by atoms with E-state index in [1.807, 2.05) is 18.1 Å². The van der Waals surface area contributed by atoms with Crippen LogP contribution in [0.3, 0.4) is 0 Å². The topological polar surface area (TPSA) is 123 Å². The Kier molecular flexibility index (Phi) is 3.54. The molecule has 1 amide bonds. The highest BCUT2D eigenvalue weighted by atomic mass is 79.9. The smallest absolute Gasteiger partial charge is 0.228 e. The van der Waals surface area contributed by atoms with Crippen LogP contribution in [0.4, 0.5) is 11.6 Å². The Morgan fingerprint density at radius 2 is 2.11 bits per heavy atom. The zero-order valence-corrected chi connectivity index (χ0v) is 16.6. The van der Waals surface area contributed by atoms with Crippen molar-refractivity contribution in [2.45, 2.75) is 18.4 Å². The van der Waals surface area contributed by atoms with E-state index in [2.05, 4.69) is 31.4 Å². The van der Waals surface area contributed by atoms with Gasteiger partial charge in [0.25, 0.3) is 0 Å². The average molecular weight is 445 g/mol. The molecule has 2 aliphatic rings. The van der Waals surface area contributed by atoms with Crippen LogP contribution in [-0.2, 0) is 16.6 Å². The number of Topliss-reactive ketones (excluding diaryl/α,β-unsaturated/α-hetero) is 1. The van der Waals surface area contributed by atoms with Gasteiger partial charge in [0.05, 0.1) is 18.8 Å². The quantitative estimate of drug-likeness (QED) is 0.551. The highest BCUT2D eigenvalue weighted by molar-refractivity contribution is 9.10. The van der Waals surface area contributed by atoms with Crippen molar-refractivity contribution in [3.05, 3.63) is 23.1 Å². The highest BCUT2D eigenvalue weighted by Gasteiger charge is 2.50. The molecule has 10 nitrogen and oxygen atoms in total. The number of carbonyl (C=O) groups is 2. The van der Waals surface area contributed by atoms with E-state index in [1.165, 1.54) is 0 Å². The first kappa shape index (κ1) is 17.2. The summed E-state index contributed by atoms with van der Waals surface area (Å²) in [6.07, 6.45) is 5.82. The van der Waals surface area contributed by atoms with E-state index in [0.29, 0.717) is 41.3 Å². The van der Waals surface area contributed by atoms with Crippen molar-refractivity contribution in [1.82, 2.24) is 29.7 Å². The number of nitrogens with two attached hydrogens (primary N) is 1. The second-order valence-electron chi connectivity index (χ2n) is 7.23. The molecule has 5 heterocycles. The van der Waals surface area contributed by atoms with Gasteiger partial charge in [-0.3, -0.25) is 14.3 Å². The molecule has 28 heavy (non-hydrogen) atoms. The van der Waals surface area contributed by atoms with Gasteiger partial charge in [-0.15, -0.1) is 0 Å². The minimum atomic E-state index is -0.828. The molecule has 2 aliphatic heterocycles. The molecule has 3 aromatic heterocycles. The fourth-order valence-corrected chi connectivity index (χ4v) is 4.48. The van der Waals surface area contributed by atoms with Crippen molar-refractivity contribution < 1.29 is 9.59 Å². The molecule has 1 unspecified atom stereocenters. The van der Waals surface area contributed by atoms with Crippen LogP contribution in [-0.4, -0.2) is 54.7 Å². The van der Waals surface area contributed by atoms with E-state index < -0.39 is 5.54 Å². The van der Waals surface area contributed by atoms with Gasteiger partial charge in [0, 0.05) is 37.5 Å². The summed E-state index contributed by atoms with van der Waals surface area (Å²) in [5, 5.41) is 11.4. The monoisotopic (exact) mass is 444 g/mol. The second-order valence-corrected chi connectivity index (χ2v) is 8.03. The third-order valence-corrected chi connectivity index (χ3v) is 6.18. The Hall–Kier alpha value is -2.95. The Labute approximate surface area is 167 Å². The number of amides is 1. The molecule has 0 saturated carbocycles. The zero-order valence-electron chi connectivity index (χ0n) is 15.0. The molecule has 2 fully saturated rings. The number of rotatable bonds is 2. The number of hydrogen-bond acceptors (Lipinski definition) is 7. The molecule has 11 heteroatoms. The second kappa shape index (κ2) is 5.77. The Morgan fingerprint density at radius 1 is 1.29 bits per heavy atom. The molecule has 0 bridgehead atoms. The van der Waals surface area contributed by atoms with E-state index in [-0.39, 0.29) is 18.1 Å². The molecule has 0 aromatic carbocycles. The maximum absolute atomic E-state index is 12.4. The minimum Gasteiger partial charge on any atom is -0.383 e. The van der Waals surface area contributed by atoms with Gasteiger partial charge in [0.1, 0.15) is 21.6 Å². The first-order valence-electron chi connectivity index (χ1n) is 8.79. The lowest BCUT2D eigenvalue weighted by Crippen LogP contribution is -2.48. The minimum absolute atomic E-state index is 0.0581. The molecule has 0 aliphatic carbocycles. The van der Waals surface area contributed by atoms with Crippen molar-refractivity contribution in [3.63, 3.8) is 0 Å². The molecular formula is C17H17BrN8O2. The molecule has 144 valence electrons. The number of anilines is 2. The lowest BCUT2D eigenvalue weighted by Gasteiger charge is -2.24. The van der Waals surface area contributed by atoms with Crippen molar-refractivity contribution in [1.29, 1.82) is 0 Å². The van der Waals surface area contributed by atoms with Crippen LogP contribution in [0.25, 0.3) is 16.8 Å². The largest absolute Gasteiger partial charge is 0.383 e. The fourth-order valence-electron chi connectivity index (χ4n) is 3.97. The van der Waals surface area contributed by atoms with Gasteiger partial charge >= 0.3 is 0 Å². The molecule has 1 spiro atoms. The summed E-state index contributed by atoms with van der Waals surface area (Å²) in [6.45, 7) is 0.957. The predicted octanol–water partition coefficient (Wildman–Crippen LogP) is 0.512. The summed E-state index contributed by atoms with van der Waals surface area (Å²) in [5.41, 5.74) is 7.78. The summed E-state index contributed by atoms with van der Waals surface area (Å²) < 4.78 is 3.89. The molecule has 1 atom stereocenters. The van der Waals surface area contributed by atoms with Crippen LogP contribution < -0.4 is 16.0 Å². The van der Waals surface area contributed by atoms with Gasteiger partial charge in [-0.1, -0.05) is 0 Å². The maximum atomic E-state index is 12.4. The summed E-state index contributed by atoms with van der Waals surface area (Å²) >= 11 is 3.53. The number of nitrogen functional groups attached to an aromatic ring is 1. The number of halogens is 1. The highest BCUT2D eigenvalue weighted by Crippen LogP contribution is 2.38. The van der Waals surface area contributed by atoms with Crippen LogP contribution in [0.15, 0.2) is 23.1 Å². The summed E-state index contributed by atoms with van der Waals surface area (Å²) in [4.78, 5) is 30.8. The Morgan fingerprint density at radius 3 is 2.79 bits per heavy atom. The number of aromatic nitrogens is 5. The van der Waals surface area contributed by atoms with E-state index in [0.717, 1.165) is 11.1 Å². The van der Waals surface area contributed by atoms with Crippen LogP contribution in [0, 0.1) is 0 Å². The maximum Gasteiger partial charge on any atom is 0.228 e. The van der Waals surface area contributed by atoms with Gasteiger partial charge in [-0.25, -0.2) is 4.98 Å². The molecule has 2 saturated heterocycles. The Balaban J connectivity index is 1.59. The lowest BCUT2D eigenvalue weighted by molar-refractivity contribution is -0.123. The number of nitrogens with zero attached hydrogens (tertiary/aromatic N) is 6. The zero-order chi connectivity index (χ0) is 19.6. The SMILES string of the molecule is Cn1cc(-c2cnn3c(N)c(Br)c(N4CCC5(C4)NC(=O)CC5=O)nc23)cn1. The summed E-state index contributed by atoms with van der Waals surface area (Å²) in [7, 11) is 1.84. The number of carbonyl (C=O) groups excluding carboxylic acids is 2. The lowest BCUT2D eigenvalue weighted by atomic mass is 9.95. The van der Waals surface area contributed by atoms with Gasteiger partial charge in [-0.2, -0.15) is 14.7 Å². The fraction of sp³-hybridized carbons (Fsp3) is 0.353.